The maximum atomic E-state index is 12.7. The summed E-state index contributed by atoms with van der Waals surface area (Å²) in [7, 11) is 1.28. The van der Waals surface area contributed by atoms with Gasteiger partial charge in [-0.3, -0.25) is 9.59 Å². The van der Waals surface area contributed by atoms with Crippen molar-refractivity contribution in [3.63, 3.8) is 0 Å². The molecule has 1 heterocycles. The van der Waals surface area contributed by atoms with Gasteiger partial charge in [-0.05, 0) is 11.0 Å². The Morgan fingerprint density at radius 1 is 1.29 bits per heavy atom. The minimum Gasteiger partial charge on any atom is -0.469 e. The maximum Gasteiger partial charge on any atom is 0.416 e. The third-order valence-electron chi connectivity index (χ3n) is 4.21. The smallest absolute Gasteiger partial charge is 0.416 e. The predicted molar refractivity (Wildman–Crippen MR) is 87.3 cm³/mol. The molecule has 0 aliphatic carbocycles. The molecule has 0 aromatic heterocycles. The summed E-state index contributed by atoms with van der Waals surface area (Å²) in [4.78, 5) is 38.0. The van der Waals surface area contributed by atoms with Crippen molar-refractivity contribution in [2.24, 2.45) is 5.41 Å². The van der Waals surface area contributed by atoms with Gasteiger partial charge in [0.05, 0.1) is 19.1 Å². The molecule has 1 aromatic rings. The Labute approximate surface area is 141 Å². The van der Waals surface area contributed by atoms with Crippen LogP contribution < -0.4 is 0 Å². The molecule has 0 spiro atoms. The van der Waals surface area contributed by atoms with E-state index in [0.29, 0.717) is 5.56 Å². The van der Waals surface area contributed by atoms with Gasteiger partial charge in [-0.1, -0.05) is 51.1 Å². The molecule has 1 fully saturated rings. The number of amides is 2. The van der Waals surface area contributed by atoms with Gasteiger partial charge in [0.2, 0.25) is 5.91 Å². The van der Waals surface area contributed by atoms with E-state index in [1.54, 1.807) is 24.3 Å². The molecule has 2 atom stereocenters. The van der Waals surface area contributed by atoms with Crippen LogP contribution in [0.5, 0.6) is 0 Å². The van der Waals surface area contributed by atoms with Crippen LogP contribution in [0.1, 0.15) is 38.7 Å². The molecular formula is C18H23NO5. The van der Waals surface area contributed by atoms with E-state index in [4.69, 9.17) is 9.47 Å². The van der Waals surface area contributed by atoms with Gasteiger partial charge in [0.15, 0.2) is 0 Å². The average molecular weight is 333 g/mol. The van der Waals surface area contributed by atoms with Crippen molar-refractivity contribution < 1.29 is 23.9 Å². The molecule has 0 radical (unpaired) electrons. The molecule has 0 saturated carbocycles. The highest BCUT2D eigenvalue weighted by Gasteiger charge is 2.45. The van der Waals surface area contributed by atoms with Crippen LogP contribution in [0, 0.1) is 5.41 Å². The number of esters is 1. The Balaban J connectivity index is 2.24. The SMILES string of the molecule is COC(=O)[C@@H](CC(=O)N1C(=O)OC[C@@H]1C(C)(C)C)c1ccccc1. The number of rotatable bonds is 4. The van der Waals surface area contributed by atoms with Gasteiger partial charge in [0, 0.05) is 6.42 Å². The fourth-order valence-electron chi connectivity index (χ4n) is 2.77. The van der Waals surface area contributed by atoms with E-state index in [1.807, 2.05) is 26.8 Å². The largest absolute Gasteiger partial charge is 0.469 e. The molecule has 1 aromatic carbocycles. The highest BCUT2D eigenvalue weighted by Crippen LogP contribution is 2.31. The first-order valence-electron chi connectivity index (χ1n) is 7.87. The van der Waals surface area contributed by atoms with Crippen molar-refractivity contribution in [1.82, 2.24) is 4.90 Å². The highest BCUT2D eigenvalue weighted by molar-refractivity contribution is 5.96. The summed E-state index contributed by atoms with van der Waals surface area (Å²) in [5.74, 6) is -1.69. The van der Waals surface area contributed by atoms with Crippen LogP contribution in [0.15, 0.2) is 30.3 Å². The zero-order valence-electron chi connectivity index (χ0n) is 14.4. The third kappa shape index (κ3) is 3.75. The molecule has 0 bridgehead atoms. The lowest BCUT2D eigenvalue weighted by molar-refractivity contribution is -0.145. The fourth-order valence-corrected chi connectivity index (χ4v) is 2.77. The molecule has 2 amide bonds. The first-order valence-corrected chi connectivity index (χ1v) is 7.87. The van der Waals surface area contributed by atoms with Gasteiger partial charge in [0.1, 0.15) is 6.61 Å². The Kier molecular flexibility index (Phi) is 5.26. The zero-order chi connectivity index (χ0) is 17.9. The zero-order valence-corrected chi connectivity index (χ0v) is 14.4. The monoisotopic (exact) mass is 333 g/mol. The Bertz CT molecular complexity index is 620. The molecule has 1 aliphatic heterocycles. The number of hydrogen-bond acceptors (Lipinski definition) is 5. The van der Waals surface area contributed by atoms with Crippen molar-refractivity contribution in [2.75, 3.05) is 13.7 Å². The summed E-state index contributed by atoms with van der Waals surface area (Å²) in [6.07, 6.45) is -0.796. The van der Waals surface area contributed by atoms with Crippen LogP contribution in [0.25, 0.3) is 0 Å². The molecule has 6 heteroatoms. The van der Waals surface area contributed by atoms with Crippen LogP contribution in [0.2, 0.25) is 0 Å². The van der Waals surface area contributed by atoms with Crippen LogP contribution in [-0.4, -0.2) is 42.6 Å². The first kappa shape index (κ1) is 18.0. The second-order valence-electron chi connectivity index (χ2n) is 6.91. The molecule has 1 aliphatic rings. The highest BCUT2D eigenvalue weighted by atomic mass is 16.6. The fraction of sp³-hybridized carbons (Fsp3) is 0.500. The molecule has 24 heavy (non-hydrogen) atoms. The number of methoxy groups -OCH3 is 1. The lowest BCUT2D eigenvalue weighted by Crippen LogP contribution is -2.46. The number of benzene rings is 1. The summed E-state index contributed by atoms with van der Waals surface area (Å²) in [5, 5.41) is 0. The second kappa shape index (κ2) is 7.03. The van der Waals surface area contributed by atoms with E-state index in [-0.39, 0.29) is 24.5 Å². The van der Waals surface area contributed by atoms with E-state index in [2.05, 4.69) is 0 Å². The number of nitrogens with zero attached hydrogens (tertiary/aromatic N) is 1. The topological polar surface area (TPSA) is 72.9 Å². The van der Waals surface area contributed by atoms with Crippen LogP contribution in [0.3, 0.4) is 0 Å². The van der Waals surface area contributed by atoms with Crippen molar-refractivity contribution in [2.45, 2.75) is 39.2 Å². The molecule has 0 N–H and O–H groups in total. The van der Waals surface area contributed by atoms with Crippen LogP contribution in [-0.2, 0) is 19.1 Å². The molecule has 130 valence electrons. The Morgan fingerprint density at radius 3 is 2.46 bits per heavy atom. The number of hydrogen-bond donors (Lipinski definition) is 0. The summed E-state index contributed by atoms with van der Waals surface area (Å²) in [5.41, 5.74) is 0.368. The average Bonchev–Trinajstić information content (AvgIpc) is 2.94. The van der Waals surface area contributed by atoms with Gasteiger partial charge in [-0.15, -0.1) is 0 Å². The third-order valence-corrected chi connectivity index (χ3v) is 4.21. The van der Waals surface area contributed by atoms with Gasteiger partial charge < -0.3 is 9.47 Å². The minimum absolute atomic E-state index is 0.141. The summed E-state index contributed by atoms with van der Waals surface area (Å²) >= 11 is 0. The van der Waals surface area contributed by atoms with Crippen molar-refractivity contribution in [1.29, 1.82) is 0 Å². The van der Waals surface area contributed by atoms with Gasteiger partial charge in [-0.25, -0.2) is 9.69 Å². The van der Waals surface area contributed by atoms with Crippen molar-refractivity contribution in [3.8, 4) is 0 Å². The minimum atomic E-state index is -0.752. The normalized spacial score (nSPS) is 18.9. The van der Waals surface area contributed by atoms with Gasteiger partial charge in [-0.2, -0.15) is 0 Å². The molecule has 6 nitrogen and oxygen atoms in total. The molecule has 0 unspecified atom stereocenters. The summed E-state index contributed by atoms with van der Waals surface area (Å²) in [6, 6.07) is 8.58. The number of carbonyl (C=O) groups is 3. The number of carbonyl (C=O) groups excluding carboxylic acids is 3. The standard InChI is InChI=1S/C18H23NO5/c1-18(2,3)14-11-24-17(22)19(14)15(20)10-13(16(21)23-4)12-8-6-5-7-9-12/h5-9,13-14H,10-11H2,1-4H3/t13-,14+/m0/s1. The van der Waals surface area contributed by atoms with Crippen LogP contribution in [0.4, 0.5) is 4.79 Å². The van der Waals surface area contributed by atoms with Crippen molar-refractivity contribution >= 4 is 18.0 Å². The quantitative estimate of drug-likeness (QED) is 0.792. The predicted octanol–water partition coefficient (Wildman–Crippen LogP) is 2.73. The van der Waals surface area contributed by atoms with Gasteiger partial charge >= 0.3 is 12.1 Å². The van der Waals surface area contributed by atoms with E-state index >= 15 is 0 Å². The van der Waals surface area contributed by atoms with E-state index in [0.717, 1.165) is 4.90 Å². The molecule has 2 rings (SSSR count). The summed E-state index contributed by atoms with van der Waals surface area (Å²) < 4.78 is 9.88. The maximum absolute atomic E-state index is 12.7. The lowest BCUT2D eigenvalue weighted by Gasteiger charge is -2.31. The van der Waals surface area contributed by atoms with Gasteiger partial charge in [0.25, 0.3) is 0 Å². The second-order valence-corrected chi connectivity index (χ2v) is 6.91. The Morgan fingerprint density at radius 2 is 1.92 bits per heavy atom. The van der Waals surface area contributed by atoms with E-state index < -0.39 is 23.9 Å². The summed E-state index contributed by atoms with van der Waals surface area (Å²) in [6.45, 7) is 5.99. The van der Waals surface area contributed by atoms with E-state index in [9.17, 15) is 14.4 Å². The van der Waals surface area contributed by atoms with Crippen molar-refractivity contribution in [3.05, 3.63) is 35.9 Å². The number of cyclic esters (lactones) is 1. The molecular weight excluding hydrogens is 310 g/mol. The lowest BCUT2D eigenvalue weighted by atomic mass is 9.86. The molecule has 1 saturated heterocycles. The Hall–Kier alpha value is -2.37. The van der Waals surface area contributed by atoms with E-state index in [1.165, 1.54) is 7.11 Å². The van der Waals surface area contributed by atoms with Crippen LogP contribution >= 0.6 is 0 Å². The number of imide groups is 1. The number of ether oxygens (including phenoxy) is 2. The first-order chi connectivity index (χ1) is 11.3.